The summed E-state index contributed by atoms with van der Waals surface area (Å²) in [4.78, 5) is 0. The fourth-order valence-electron chi connectivity index (χ4n) is 1.68. The zero-order valence-corrected chi connectivity index (χ0v) is 7.05. The molecule has 1 saturated heterocycles. The molecular weight excluding hydrogens is 134 g/mol. The Morgan fingerprint density at radius 1 is 1.09 bits per heavy atom. The molecule has 1 nitrogen and oxygen atoms in total. The fourth-order valence-corrected chi connectivity index (χ4v) is 1.68. The molecule has 1 aliphatic rings. The Hall–Kier alpha value is -0.560. The molecule has 0 aromatic heterocycles. The molecule has 1 aliphatic heterocycles. The van der Waals surface area contributed by atoms with Gasteiger partial charge < -0.3 is 5.32 Å². The van der Waals surface area contributed by atoms with Crippen molar-refractivity contribution >= 4 is 0 Å². The van der Waals surface area contributed by atoms with Gasteiger partial charge in [-0.1, -0.05) is 12.2 Å². The van der Waals surface area contributed by atoms with Crippen LogP contribution in [0.2, 0.25) is 0 Å². The summed E-state index contributed by atoms with van der Waals surface area (Å²) in [6.45, 7) is 7.47. The molecule has 0 aromatic carbocycles. The topological polar surface area (TPSA) is 12.0 Å². The van der Waals surface area contributed by atoms with Crippen LogP contribution in [-0.4, -0.2) is 12.1 Å². The minimum Gasteiger partial charge on any atom is -0.311 e. The van der Waals surface area contributed by atoms with Gasteiger partial charge in [-0.05, 0) is 25.7 Å². The van der Waals surface area contributed by atoms with Crippen LogP contribution in [0, 0.1) is 0 Å². The van der Waals surface area contributed by atoms with E-state index in [1.54, 1.807) is 0 Å². The monoisotopic (exact) mass is 151 g/mol. The van der Waals surface area contributed by atoms with Crippen LogP contribution in [0.5, 0.6) is 0 Å². The molecule has 1 heteroatoms. The smallest absolute Gasteiger partial charge is 0.0105 e. The van der Waals surface area contributed by atoms with Crippen LogP contribution in [-0.2, 0) is 0 Å². The summed E-state index contributed by atoms with van der Waals surface area (Å²) >= 11 is 0. The van der Waals surface area contributed by atoms with Crippen LogP contribution in [0.4, 0.5) is 0 Å². The highest BCUT2D eigenvalue weighted by molar-refractivity contribution is 4.90. The second-order valence-electron chi connectivity index (χ2n) is 3.19. The van der Waals surface area contributed by atoms with Crippen molar-refractivity contribution < 1.29 is 0 Å². The third-order valence-corrected chi connectivity index (χ3v) is 2.24. The lowest BCUT2D eigenvalue weighted by Crippen LogP contribution is -2.28. The SMILES string of the molecule is C=CC[C@@H]1CC[C@@H](CC=C)N1. The first-order valence-corrected chi connectivity index (χ1v) is 4.34. The average Bonchev–Trinajstić information content (AvgIpc) is 2.38. The van der Waals surface area contributed by atoms with Gasteiger partial charge in [0.2, 0.25) is 0 Å². The first kappa shape index (κ1) is 8.54. The van der Waals surface area contributed by atoms with E-state index in [-0.39, 0.29) is 0 Å². The predicted octanol–water partition coefficient (Wildman–Crippen LogP) is 2.26. The second-order valence-corrected chi connectivity index (χ2v) is 3.19. The largest absolute Gasteiger partial charge is 0.311 e. The summed E-state index contributed by atoms with van der Waals surface area (Å²) in [6, 6.07) is 1.36. The van der Waals surface area contributed by atoms with Crippen molar-refractivity contribution in [3.05, 3.63) is 25.3 Å². The van der Waals surface area contributed by atoms with Crippen molar-refractivity contribution in [2.24, 2.45) is 0 Å². The Kier molecular flexibility index (Phi) is 3.37. The number of rotatable bonds is 4. The van der Waals surface area contributed by atoms with Crippen molar-refractivity contribution in [1.29, 1.82) is 0 Å². The summed E-state index contributed by atoms with van der Waals surface area (Å²) in [5.74, 6) is 0. The van der Waals surface area contributed by atoms with Gasteiger partial charge in [0.15, 0.2) is 0 Å². The maximum Gasteiger partial charge on any atom is 0.0105 e. The Bertz CT molecular complexity index is 124. The number of hydrogen-bond acceptors (Lipinski definition) is 1. The van der Waals surface area contributed by atoms with E-state index in [0.29, 0.717) is 12.1 Å². The van der Waals surface area contributed by atoms with E-state index in [0.717, 1.165) is 12.8 Å². The summed E-state index contributed by atoms with van der Waals surface area (Å²) in [7, 11) is 0. The van der Waals surface area contributed by atoms with E-state index in [1.165, 1.54) is 12.8 Å². The second kappa shape index (κ2) is 4.35. The molecule has 1 rings (SSSR count). The van der Waals surface area contributed by atoms with E-state index in [2.05, 4.69) is 18.5 Å². The van der Waals surface area contributed by atoms with Gasteiger partial charge >= 0.3 is 0 Å². The molecular formula is C10H17N. The highest BCUT2D eigenvalue weighted by Crippen LogP contribution is 2.17. The molecule has 0 spiro atoms. The highest BCUT2D eigenvalue weighted by atomic mass is 15.0. The molecule has 0 saturated carbocycles. The van der Waals surface area contributed by atoms with Gasteiger partial charge in [-0.15, -0.1) is 13.2 Å². The Morgan fingerprint density at radius 3 is 1.91 bits per heavy atom. The quantitative estimate of drug-likeness (QED) is 0.608. The lowest BCUT2D eigenvalue weighted by Gasteiger charge is -2.10. The Labute approximate surface area is 69.2 Å². The fraction of sp³-hybridized carbons (Fsp3) is 0.600. The molecule has 0 aromatic rings. The maximum absolute atomic E-state index is 3.74. The first-order chi connectivity index (χ1) is 5.36. The zero-order chi connectivity index (χ0) is 8.10. The number of nitrogens with one attached hydrogen (secondary N) is 1. The zero-order valence-electron chi connectivity index (χ0n) is 7.05. The van der Waals surface area contributed by atoms with Gasteiger partial charge in [0, 0.05) is 12.1 Å². The molecule has 0 radical (unpaired) electrons. The molecule has 0 amide bonds. The van der Waals surface area contributed by atoms with Gasteiger partial charge in [0.05, 0.1) is 0 Å². The van der Waals surface area contributed by atoms with Gasteiger partial charge in [-0.25, -0.2) is 0 Å². The normalized spacial score (nSPS) is 30.2. The van der Waals surface area contributed by atoms with Gasteiger partial charge in [-0.3, -0.25) is 0 Å². The Balaban J connectivity index is 2.22. The van der Waals surface area contributed by atoms with E-state index >= 15 is 0 Å². The van der Waals surface area contributed by atoms with Crippen molar-refractivity contribution in [1.82, 2.24) is 5.32 Å². The maximum atomic E-state index is 3.74. The van der Waals surface area contributed by atoms with Crippen LogP contribution in [0.3, 0.4) is 0 Å². The van der Waals surface area contributed by atoms with Crippen molar-refractivity contribution in [2.75, 3.05) is 0 Å². The minimum atomic E-state index is 0.678. The standard InChI is InChI=1S/C10H17N/c1-3-5-9-7-8-10(11-9)6-4-2/h3-4,9-11H,1-2,5-8H2/t9-,10-/m1/s1. The number of hydrogen-bond donors (Lipinski definition) is 1. The van der Waals surface area contributed by atoms with Crippen LogP contribution < -0.4 is 5.32 Å². The predicted molar refractivity (Wildman–Crippen MR) is 49.6 cm³/mol. The first-order valence-electron chi connectivity index (χ1n) is 4.34. The van der Waals surface area contributed by atoms with Crippen LogP contribution in [0.15, 0.2) is 25.3 Å². The van der Waals surface area contributed by atoms with Gasteiger partial charge in [-0.2, -0.15) is 0 Å². The molecule has 11 heavy (non-hydrogen) atoms. The minimum absolute atomic E-state index is 0.678. The molecule has 62 valence electrons. The van der Waals surface area contributed by atoms with Crippen molar-refractivity contribution in [2.45, 2.75) is 37.8 Å². The summed E-state index contributed by atoms with van der Waals surface area (Å²) in [6.07, 6.45) is 8.79. The van der Waals surface area contributed by atoms with E-state index in [1.807, 2.05) is 12.2 Å². The Morgan fingerprint density at radius 2 is 1.55 bits per heavy atom. The molecule has 1 fully saturated rings. The third kappa shape index (κ3) is 2.51. The molecule has 1 N–H and O–H groups in total. The molecule has 1 heterocycles. The molecule has 2 atom stereocenters. The van der Waals surface area contributed by atoms with Crippen molar-refractivity contribution in [3.8, 4) is 0 Å². The summed E-state index contributed by atoms with van der Waals surface area (Å²) < 4.78 is 0. The van der Waals surface area contributed by atoms with Crippen LogP contribution in [0.1, 0.15) is 25.7 Å². The average molecular weight is 151 g/mol. The van der Waals surface area contributed by atoms with E-state index < -0.39 is 0 Å². The lowest BCUT2D eigenvalue weighted by molar-refractivity contribution is 0.544. The molecule has 0 aliphatic carbocycles. The van der Waals surface area contributed by atoms with Crippen LogP contribution >= 0.6 is 0 Å². The van der Waals surface area contributed by atoms with E-state index in [4.69, 9.17) is 0 Å². The van der Waals surface area contributed by atoms with E-state index in [9.17, 15) is 0 Å². The van der Waals surface area contributed by atoms with Gasteiger partial charge in [0.25, 0.3) is 0 Å². The molecule has 0 unspecified atom stereocenters. The third-order valence-electron chi connectivity index (χ3n) is 2.24. The lowest BCUT2D eigenvalue weighted by atomic mass is 10.1. The highest BCUT2D eigenvalue weighted by Gasteiger charge is 2.20. The summed E-state index contributed by atoms with van der Waals surface area (Å²) in [5, 5.41) is 3.55. The van der Waals surface area contributed by atoms with Crippen LogP contribution in [0.25, 0.3) is 0 Å². The van der Waals surface area contributed by atoms with Gasteiger partial charge in [0.1, 0.15) is 0 Å². The van der Waals surface area contributed by atoms with Crippen molar-refractivity contribution in [3.63, 3.8) is 0 Å². The summed E-state index contributed by atoms with van der Waals surface area (Å²) in [5.41, 5.74) is 0. The molecule has 0 bridgehead atoms.